The van der Waals surface area contributed by atoms with Crippen molar-refractivity contribution in [1.29, 1.82) is 0 Å². The Morgan fingerprint density at radius 2 is 1.82 bits per heavy atom. The molecule has 2 amide bonds. The largest absolute Gasteiger partial charge is 0.351 e. The van der Waals surface area contributed by atoms with E-state index in [1.807, 2.05) is 6.07 Å². The first-order chi connectivity index (χ1) is 15.7. The smallest absolute Gasteiger partial charge is 0.242 e. The van der Waals surface area contributed by atoms with Gasteiger partial charge in [0, 0.05) is 18.2 Å². The van der Waals surface area contributed by atoms with Crippen LogP contribution in [0.5, 0.6) is 0 Å². The van der Waals surface area contributed by atoms with E-state index in [-0.39, 0.29) is 22.8 Å². The summed E-state index contributed by atoms with van der Waals surface area (Å²) in [6.07, 6.45) is 3.87. The van der Waals surface area contributed by atoms with Crippen LogP contribution >= 0.6 is 0 Å². The van der Waals surface area contributed by atoms with Crippen LogP contribution in [0.2, 0.25) is 0 Å². The molecule has 3 N–H and O–H groups in total. The zero-order valence-corrected chi connectivity index (χ0v) is 19.8. The van der Waals surface area contributed by atoms with Crippen molar-refractivity contribution in [3.8, 4) is 0 Å². The summed E-state index contributed by atoms with van der Waals surface area (Å²) >= 11 is 0. The van der Waals surface area contributed by atoms with Gasteiger partial charge in [-0.2, -0.15) is 4.72 Å². The highest BCUT2D eigenvalue weighted by molar-refractivity contribution is 7.89. The van der Waals surface area contributed by atoms with Crippen molar-refractivity contribution in [1.82, 2.24) is 10.0 Å². The molecule has 1 aliphatic heterocycles. The topological polar surface area (TPSA) is 104 Å². The first kappa shape index (κ1) is 23.4. The molecule has 4 atom stereocenters. The van der Waals surface area contributed by atoms with Crippen molar-refractivity contribution in [2.24, 2.45) is 11.8 Å². The first-order valence-electron chi connectivity index (χ1n) is 11.5. The second kappa shape index (κ2) is 9.65. The van der Waals surface area contributed by atoms with Gasteiger partial charge in [0.05, 0.1) is 4.90 Å². The number of amides is 2. The molecule has 0 bridgehead atoms. The van der Waals surface area contributed by atoms with Crippen LogP contribution in [0.4, 0.5) is 5.69 Å². The molecule has 0 unspecified atom stereocenters. The third-order valence-corrected chi connectivity index (χ3v) is 8.41. The third kappa shape index (κ3) is 5.28. The fourth-order valence-corrected chi connectivity index (χ4v) is 5.95. The number of carbonyl (C=O) groups excluding carboxylic acids is 2. The molecule has 33 heavy (non-hydrogen) atoms. The fourth-order valence-electron chi connectivity index (χ4n) is 4.72. The highest BCUT2D eigenvalue weighted by Crippen LogP contribution is 2.30. The minimum Gasteiger partial charge on any atom is -0.351 e. The van der Waals surface area contributed by atoms with E-state index in [0.717, 1.165) is 24.8 Å². The third-order valence-electron chi connectivity index (χ3n) is 6.99. The lowest BCUT2D eigenvalue weighted by atomic mass is 9.78. The van der Waals surface area contributed by atoms with Gasteiger partial charge in [-0.05, 0) is 54.0 Å². The Morgan fingerprint density at radius 3 is 2.58 bits per heavy atom. The number of aryl methyl sites for hydroxylation is 1. The molecule has 1 aliphatic carbocycles. The molecule has 4 rings (SSSR count). The number of benzene rings is 2. The van der Waals surface area contributed by atoms with Crippen molar-refractivity contribution >= 4 is 27.5 Å². The summed E-state index contributed by atoms with van der Waals surface area (Å²) in [5, 5.41) is 5.87. The average Bonchev–Trinajstić information content (AvgIpc) is 2.80. The summed E-state index contributed by atoms with van der Waals surface area (Å²) in [6.45, 7) is 4.33. The quantitative estimate of drug-likeness (QED) is 0.602. The summed E-state index contributed by atoms with van der Waals surface area (Å²) in [5.74, 6) is 0.405. The van der Waals surface area contributed by atoms with Gasteiger partial charge in [0.2, 0.25) is 21.8 Å². The predicted octanol–water partition coefficient (Wildman–Crippen LogP) is 3.53. The Bertz CT molecular complexity index is 1130. The summed E-state index contributed by atoms with van der Waals surface area (Å²) < 4.78 is 29.2. The van der Waals surface area contributed by atoms with Crippen LogP contribution in [0.3, 0.4) is 0 Å². The summed E-state index contributed by atoms with van der Waals surface area (Å²) in [6, 6.07) is 12.5. The molecule has 1 fully saturated rings. The minimum absolute atomic E-state index is 0.0179. The lowest BCUT2D eigenvalue weighted by Gasteiger charge is -2.35. The Hall–Kier alpha value is -2.71. The van der Waals surface area contributed by atoms with Crippen molar-refractivity contribution in [2.75, 3.05) is 5.32 Å². The van der Waals surface area contributed by atoms with Crippen LogP contribution in [0, 0.1) is 11.8 Å². The van der Waals surface area contributed by atoms with Gasteiger partial charge in [0.25, 0.3) is 0 Å². The molecule has 0 saturated heterocycles. The van der Waals surface area contributed by atoms with Crippen LogP contribution in [0.15, 0.2) is 53.4 Å². The van der Waals surface area contributed by atoms with Crippen molar-refractivity contribution < 1.29 is 18.0 Å². The number of anilines is 1. The van der Waals surface area contributed by atoms with E-state index in [4.69, 9.17) is 0 Å². The van der Waals surface area contributed by atoms with E-state index in [0.29, 0.717) is 35.9 Å². The van der Waals surface area contributed by atoms with E-state index in [2.05, 4.69) is 29.2 Å². The molecule has 176 valence electrons. The van der Waals surface area contributed by atoms with Crippen LogP contribution < -0.4 is 15.4 Å². The highest BCUT2D eigenvalue weighted by Gasteiger charge is 2.33. The second-order valence-electron chi connectivity index (χ2n) is 9.21. The predicted molar refractivity (Wildman–Crippen MR) is 127 cm³/mol. The zero-order chi connectivity index (χ0) is 23.6. The first-order valence-corrected chi connectivity index (χ1v) is 13.0. The number of fused-ring (bicyclic) bond motifs is 1. The lowest BCUT2D eigenvalue weighted by molar-refractivity contribution is -0.124. The molecule has 2 aromatic rings. The van der Waals surface area contributed by atoms with E-state index in [1.165, 1.54) is 6.07 Å². The second-order valence-corrected chi connectivity index (χ2v) is 10.9. The van der Waals surface area contributed by atoms with E-state index < -0.39 is 16.1 Å². The minimum atomic E-state index is -3.99. The Balaban J connectivity index is 1.59. The molecule has 0 radical (unpaired) electrons. The van der Waals surface area contributed by atoms with Gasteiger partial charge in [0.15, 0.2) is 0 Å². The van der Waals surface area contributed by atoms with Crippen LogP contribution in [0.25, 0.3) is 0 Å². The standard InChI is InChI=1S/C25H31N3O4S/c1-16-7-6-10-21(17(16)2)27-25(30)24(18-8-4-3-5-9-18)28-33(31,32)20-12-13-22-19(15-20)11-14-23(29)26-22/h3-5,8-9,12-13,15-17,21,24,28H,6-7,10-11,14H2,1-2H3,(H,26,29)(H,27,30)/t16-,17+,21+,24+/m1/s1. The van der Waals surface area contributed by atoms with Crippen molar-refractivity contribution in [3.05, 3.63) is 59.7 Å². The normalized spacial score (nSPS) is 23.8. The molecular weight excluding hydrogens is 438 g/mol. The molecule has 8 heteroatoms. The van der Waals surface area contributed by atoms with Crippen LogP contribution in [0.1, 0.15) is 56.7 Å². The van der Waals surface area contributed by atoms with E-state index >= 15 is 0 Å². The Morgan fingerprint density at radius 1 is 1.06 bits per heavy atom. The maximum absolute atomic E-state index is 13.4. The fraction of sp³-hybridized carbons (Fsp3) is 0.440. The summed E-state index contributed by atoms with van der Waals surface area (Å²) in [7, 11) is -3.99. The van der Waals surface area contributed by atoms with Gasteiger partial charge in [-0.3, -0.25) is 9.59 Å². The van der Waals surface area contributed by atoms with Gasteiger partial charge in [-0.15, -0.1) is 0 Å². The van der Waals surface area contributed by atoms with Gasteiger partial charge in [-0.1, -0.05) is 57.0 Å². The maximum atomic E-state index is 13.4. The number of hydrogen-bond donors (Lipinski definition) is 3. The van der Waals surface area contributed by atoms with Crippen LogP contribution in [-0.4, -0.2) is 26.3 Å². The molecule has 1 saturated carbocycles. The molecule has 2 aliphatic rings. The SMILES string of the molecule is C[C@H]1[C@H](C)CCC[C@@H]1NC(=O)[C@@H](NS(=O)(=O)c1ccc2c(c1)CCC(=O)N2)c1ccccc1. The number of nitrogens with one attached hydrogen (secondary N) is 3. The molecule has 1 heterocycles. The van der Waals surface area contributed by atoms with Crippen molar-refractivity contribution in [3.63, 3.8) is 0 Å². The van der Waals surface area contributed by atoms with Gasteiger partial charge in [-0.25, -0.2) is 8.42 Å². The van der Waals surface area contributed by atoms with E-state index in [9.17, 15) is 18.0 Å². The zero-order valence-electron chi connectivity index (χ0n) is 19.0. The number of hydrogen-bond acceptors (Lipinski definition) is 4. The maximum Gasteiger partial charge on any atom is 0.242 e. The monoisotopic (exact) mass is 469 g/mol. The summed E-state index contributed by atoms with van der Waals surface area (Å²) in [5.41, 5.74) is 1.98. The van der Waals surface area contributed by atoms with Crippen LogP contribution in [-0.2, 0) is 26.0 Å². The number of sulfonamides is 1. The molecule has 7 nitrogen and oxygen atoms in total. The number of carbonyl (C=O) groups is 2. The molecule has 0 aromatic heterocycles. The molecule has 0 spiro atoms. The highest BCUT2D eigenvalue weighted by atomic mass is 32.2. The van der Waals surface area contributed by atoms with Crippen molar-refractivity contribution in [2.45, 2.75) is 62.9 Å². The molecule has 2 aromatic carbocycles. The average molecular weight is 470 g/mol. The summed E-state index contributed by atoms with van der Waals surface area (Å²) in [4.78, 5) is 25.0. The van der Waals surface area contributed by atoms with E-state index in [1.54, 1.807) is 36.4 Å². The molecular formula is C25H31N3O4S. The van der Waals surface area contributed by atoms with Gasteiger partial charge >= 0.3 is 0 Å². The Labute approximate surface area is 195 Å². The lowest BCUT2D eigenvalue weighted by Crippen LogP contribution is -2.48. The number of rotatable bonds is 6. The van der Waals surface area contributed by atoms with Gasteiger partial charge in [0.1, 0.15) is 6.04 Å². The Kier molecular flexibility index (Phi) is 6.86. The van der Waals surface area contributed by atoms with Gasteiger partial charge < -0.3 is 10.6 Å².